The van der Waals surface area contributed by atoms with Crippen LogP contribution in [0, 0.1) is 0 Å². The minimum absolute atomic E-state index is 0.0156. The summed E-state index contributed by atoms with van der Waals surface area (Å²) in [6.45, 7) is 1.94. The summed E-state index contributed by atoms with van der Waals surface area (Å²) in [4.78, 5) is 0. The normalized spacial score (nSPS) is 12.3. The van der Waals surface area contributed by atoms with Gasteiger partial charge >= 0.3 is 0 Å². The molecule has 0 unspecified atom stereocenters. The molecule has 0 heterocycles. The van der Waals surface area contributed by atoms with Gasteiger partial charge in [-0.25, -0.2) is 21.6 Å². The smallest absolute Gasteiger partial charge is 0.232 e. The lowest BCUT2D eigenvalue weighted by Gasteiger charge is -2.22. The van der Waals surface area contributed by atoms with Crippen LogP contribution >= 0.6 is 11.6 Å². The number of hydrogen-bond donors (Lipinski definition) is 1. The van der Waals surface area contributed by atoms with Gasteiger partial charge in [0.25, 0.3) is 0 Å². The number of halogens is 1. The van der Waals surface area contributed by atoms with E-state index in [0.717, 1.165) is 17.0 Å². The van der Waals surface area contributed by atoms with Crippen molar-refractivity contribution in [1.82, 2.24) is 4.72 Å². The lowest BCUT2D eigenvalue weighted by molar-refractivity contribution is 0.575. The minimum Gasteiger partial charge on any atom is -0.269 e. The zero-order valence-electron chi connectivity index (χ0n) is 12.6. The standard InChI is InChI=1S/C13H21ClN2O4S2/c1-3-4-11-22(19,20)15-9-10-16(21(2,17)18)13-7-5-12(14)6-8-13/h5-8,15H,3-4,9-11H2,1-2H3. The summed E-state index contributed by atoms with van der Waals surface area (Å²) in [6, 6.07) is 6.32. The first-order chi connectivity index (χ1) is 10.2. The van der Waals surface area contributed by atoms with Crippen LogP contribution in [0.1, 0.15) is 19.8 Å². The van der Waals surface area contributed by atoms with Crippen molar-refractivity contribution in [2.24, 2.45) is 0 Å². The summed E-state index contributed by atoms with van der Waals surface area (Å²) in [5.41, 5.74) is 0.444. The quantitative estimate of drug-likeness (QED) is 0.720. The molecular formula is C13H21ClN2O4S2. The fraction of sp³-hybridized carbons (Fsp3) is 0.538. The summed E-state index contributed by atoms with van der Waals surface area (Å²) >= 11 is 5.78. The molecule has 0 amide bonds. The summed E-state index contributed by atoms with van der Waals surface area (Å²) in [5.74, 6) is 0.0450. The molecule has 0 atom stereocenters. The highest BCUT2D eigenvalue weighted by atomic mass is 35.5. The molecule has 126 valence electrons. The van der Waals surface area contributed by atoms with E-state index in [1.165, 1.54) is 0 Å². The van der Waals surface area contributed by atoms with Crippen LogP contribution in [-0.4, -0.2) is 41.9 Å². The van der Waals surface area contributed by atoms with Crippen molar-refractivity contribution in [3.8, 4) is 0 Å². The summed E-state index contributed by atoms with van der Waals surface area (Å²) in [6.07, 6.45) is 2.43. The SMILES string of the molecule is CCCCS(=O)(=O)NCCN(c1ccc(Cl)cc1)S(C)(=O)=O. The molecule has 0 saturated heterocycles. The molecule has 0 saturated carbocycles. The van der Waals surface area contributed by atoms with Gasteiger partial charge in [-0.15, -0.1) is 0 Å². The zero-order valence-corrected chi connectivity index (χ0v) is 15.0. The number of benzene rings is 1. The maximum atomic E-state index is 11.9. The molecule has 0 aliphatic rings. The number of anilines is 1. The molecule has 0 spiro atoms. The average molecular weight is 369 g/mol. The van der Waals surface area contributed by atoms with Crippen LogP contribution in [0.4, 0.5) is 5.69 Å². The Bertz CT molecular complexity index is 672. The molecule has 22 heavy (non-hydrogen) atoms. The van der Waals surface area contributed by atoms with E-state index in [-0.39, 0.29) is 18.8 Å². The maximum Gasteiger partial charge on any atom is 0.232 e. The first-order valence-corrected chi connectivity index (χ1v) is 10.7. The largest absolute Gasteiger partial charge is 0.269 e. The van der Waals surface area contributed by atoms with E-state index in [1.807, 2.05) is 6.92 Å². The molecule has 0 aliphatic carbocycles. The molecular weight excluding hydrogens is 348 g/mol. The van der Waals surface area contributed by atoms with Crippen molar-refractivity contribution in [2.45, 2.75) is 19.8 Å². The number of hydrogen-bond acceptors (Lipinski definition) is 4. The fourth-order valence-corrected chi connectivity index (χ4v) is 4.07. The maximum absolute atomic E-state index is 11.9. The average Bonchev–Trinajstić information content (AvgIpc) is 2.41. The van der Waals surface area contributed by atoms with Crippen molar-refractivity contribution in [3.05, 3.63) is 29.3 Å². The molecule has 0 fully saturated rings. The van der Waals surface area contributed by atoms with E-state index in [0.29, 0.717) is 17.1 Å². The summed E-state index contributed by atoms with van der Waals surface area (Å²) in [5, 5.41) is 0.498. The highest BCUT2D eigenvalue weighted by molar-refractivity contribution is 7.92. The number of rotatable bonds is 9. The summed E-state index contributed by atoms with van der Waals surface area (Å²) in [7, 11) is -6.88. The van der Waals surface area contributed by atoms with Crippen molar-refractivity contribution >= 4 is 37.3 Å². The van der Waals surface area contributed by atoms with E-state index < -0.39 is 20.0 Å². The molecule has 6 nitrogen and oxygen atoms in total. The highest BCUT2D eigenvalue weighted by Crippen LogP contribution is 2.19. The van der Waals surface area contributed by atoms with Gasteiger partial charge in [-0.05, 0) is 30.7 Å². The lowest BCUT2D eigenvalue weighted by Crippen LogP contribution is -2.38. The van der Waals surface area contributed by atoms with E-state index >= 15 is 0 Å². The van der Waals surface area contributed by atoms with Crippen LogP contribution in [-0.2, 0) is 20.0 Å². The Kier molecular flexibility index (Phi) is 7.11. The van der Waals surface area contributed by atoms with Crippen molar-refractivity contribution in [3.63, 3.8) is 0 Å². The molecule has 1 rings (SSSR count). The van der Waals surface area contributed by atoms with Gasteiger partial charge in [-0.3, -0.25) is 4.31 Å². The molecule has 0 bridgehead atoms. The highest BCUT2D eigenvalue weighted by Gasteiger charge is 2.18. The predicted octanol–water partition coefficient (Wildman–Crippen LogP) is 1.83. The van der Waals surface area contributed by atoms with Crippen molar-refractivity contribution in [1.29, 1.82) is 0 Å². The molecule has 1 N–H and O–H groups in total. The van der Waals surface area contributed by atoms with Crippen molar-refractivity contribution < 1.29 is 16.8 Å². The molecule has 0 radical (unpaired) electrons. The Labute approximate surface area is 137 Å². The van der Waals surface area contributed by atoms with Gasteiger partial charge in [0.05, 0.1) is 17.7 Å². The zero-order chi connectivity index (χ0) is 16.8. The van der Waals surface area contributed by atoms with E-state index in [2.05, 4.69) is 4.72 Å². The van der Waals surface area contributed by atoms with Crippen LogP contribution in [0.3, 0.4) is 0 Å². The van der Waals surface area contributed by atoms with Crippen molar-refractivity contribution in [2.75, 3.05) is 29.4 Å². The van der Waals surface area contributed by atoms with Gasteiger partial charge < -0.3 is 0 Å². The number of nitrogens with one attached hydrogen (secondary N) is 1. The molecule has 0 aromatic heterocycles. The monoisotopic (exact) mass is 368 g/mol. The Morgan fingerprint density at radius 1 is 1.14 bits per heavy atom. The van der Waals surface area contributed by atoms with E-state index in [9.17, 15) is 16.8 Å². The first kappa shape index (κ1) is 19.2. The third kappa shape index (κ3) is 6.51. The minimum atomic E-state index is -3.51. The van der Waals surface area contributed by atoms with Crippen LogP contribution in [0.2, 0.25) is 5.02 Å². The van der Waals surface area contributed by atoms with Crippen LogP contribution < -0.4 is 9.03 Å². The first-order valence-electron chi connectivity index (χ1n) is 6.86. The third-order valence-corrected chi connectivity index (χ3v) is 5.83. The molecule has 1 aromatic rings. The van der Waals surface area contributed by atoms with E-state index in [4.69, 9.17) is 11.6 Å². The molecule has 9 heteroatoms. The Morgan fingerprint density at radius 2 is 1.73 bits per heavy atom. The fourth-order valence-electron chi connectivity index (χ4n) is 1.80. The van der Waals surface area contributed by atoms with Crippen LogP contribution in [0.5, 0.6) is 0 Å². The molecule has 0 aliphatic heterocycles. The molecule has 1 aromatic carbocycles. The second kappa shape index (κ2) is 8.14. The van der Waals surface area contributed by atoms with Crippen LogP contribution in [0.25, 0.3) is 0 Å². The third-order valence-electron chi connectivity index (χ3n) is 2.92. The van der Waals surface area contributed by atoms with Gasteiger partial charge in [-0.2, -0.15) is 0 Å². The predicted molar refractivity (Wildman–Crippen MR) is 90.3 cm³/mol. The van der Waals surface area contributed by atoms with Gasteiger partial charge in [-0.1, -0.05) is 24.9 Å². The Balaban J connectivity index is 2.74. The topological polar surface area (TPSA) is 83.6 Å². The van der Waals surface area contributed by atoms with Gasteiger partial charge in [0.2, 0.25) is 20.0 Å². The Hall–Kier alpha value is -0.830. The van der Waals surface area contributed by atoms with Gasteiger partial charge in [0.1, 0.15) is 0 Å². The number of sulfonamides is 2. The summed E-state index contributed by atoms with van der Waals surface area (Å²) < 4.78 is 50.7. The number of nitrogens with zero attached hydrogens (tertiary/aromatic N) is 1. The number of unbranched alkanes of at least 4 members (excludes halogenated alkanes) is 1. The second-order valence-electron chi connectivity index (χ2n) is 4.88. The van der Waals surface area contributed by atoms with Gasteiger partial charge in [0, 0.05) is 18.1 Å². The lowest BCUT2D eigenvalue weighted by atomic mass is 10.3. The Morgan fingerprint density at radius 3 is 2.23 bits per heavy atom. The van der Waals surface area contributed by atoms with Crippen LogP contribution in [0.15, 0.2) is 24.3 Å². The van der Waals surface area contributed by atoms with E-state index in [1.54, 1.807) is 24.3 Å². The second-order valence-corrected chi connectivity index (χ2v) is 9.15. The van der Waals surface area contributed by atoms with Gasteiger partial charge in [0.15, 0.2) is 0 Å².